The number of carbonyl (C=O) groups excluding carboxylic acids is 1. The molecule has 2 nitrogen and oxygen atoms in total. The highest BCUT2D eigenvalue weighted by Crippen LogP contribution is 2.50. The number of hydrogen-bond donors (Lipinski definition) is 0. The number of ether oxygens (including phenoxy) is 1. The van der Waals surface area contributed by atoms with Gasteiger partial charge in [-0.2, -0.15) is 0 Å². The summed E-state index contributed by atoms with van der Waals surface area (Å²) in [5, 5.41) is 0. The summed E-state index contributed by atoms with van der Waals surface area (Å²) in [6.45, 7) is 3.81. The van der Waals surface area contributed by atoms with Gasteiger partial charge in [-0.15, -0.1) is 0 Å². The van der Waals surface area contributed by atoms with E-state index in [1.165, 1.54) is 11.1 Å². The molecular weight excluding hydrogens is 292 g/mol. The Morgan fingerprint density at radius 3 is 2.89 bits per heavy atom. The maximum absolute atomic E-state index is 11.7. The molecule has 1 aromatic carbocycles. The van der Waals surface area contributed by atoms with Gasteiger partial charge in [0.25, 0.3) is 0 Å². The van der Waals surface area contributed by atoms with Gasteiger partial charge in [-0.3, -0.25) is 0 Å². The first-order valence-electron chi connectivity index (χ1n) is 6.25. The lowest BCUT2D eigenvalue weighted by molar-refractivity contribution is -0.146. The van der Waals surface area contributed by atoms with Crippen molar-refractivity contribution in [2.75, 3.05) is 0 Å². The van der Waals surface area contributed by atoms with Gasteiger partial charge in [-0.25, -0.2) is 4.79 Å². The van der Waals surface area contributed by atoms with Crippen molar-refractivity contribution in [1.82, 2.24) is 0 Å². The Morgan fingerprint density at radius 2 is 2.17 bits per heavy atom. The highest BCUT2D eigenvalue weighted by atomic mass is 79.9. The van der Waals surface area contributed by atoms with Crippen LogP contribution in [0.5, 0.6) is 0 Å². The average molecular weight is 307 g/mol. The lowest BCUT2D eigenvalue weighted by Crippen LogP contribution is -2.32. The maximum atomic E-state index is 11.7. The van der Waals surface area contributed by atoms with Crippen molar-refractivity contribution in [2.24, 2.45) is 0 Å². The number of carbonyl (C=O) groups is 1. The number of alkyl halides is 1. The molecule has 2 unspecified atom stereocenters. The minimum atomic E-state index is -0.430. The molecule has 1 fully saturated rings. The predicted octanol–water partition coefficient (Wildman–Crippen LogP) is 3.70. The molecule has 0 radical (unpaired) electrons. The molecule has 1 spiro atoms. The van der Waals surface area contributed by atoms with Gasteiger partial charge in [0.2, 0.25) is 0 Å². The fraction of sp³-hybridized carbons (Fsp3) is 0.400. The predicted molar refractivity (Wildman–Crippen MR) is 73.6 cm³/mol. The van der Waals surface area contributed by atoms with E-state index in [0.717, 1.165) is 19.3 Å². The van der Waals surface area contributed by atoms with Gasteiger partial charge in [0.15, 0.2) is 0 Å². The molecule has 1 aliphatic carbocycles. The van der Waals surface area contributed by atoms with Crippen molar-refractivity contribution in [3.63, 3.8) is 0 Å². The van der Waals surface area contributed by atoms with Crippen molar-refractivity contribution >= 4 is 21.9 Å². The molecular formula is C15H15BrO2. The largest absolute Gasteiger partial charge is 0.454 e. The van der Waals surface area contributed by atoms with Gasteiger partial charge in [0, 0.05) is 12.0 Å². The minimum absolute atomic E-state index is 0.0619. The summed E-state index contributed by atoms with van der Waals surface area (Å²) in [5.41, 5.74) is 2.77. The van der Waals surface area contributed by atoms with Crippen molar-refractivity contribution in [2.45, 2.75) is 36.1 Å². The van der Waals surface area contributed by atoms with Crippen LogP contribution in [0.1, 0.15) is 35.2 Å². The first-order chi connectivity index (χ1) is 8.62. The molecule has 2 atom stereocenters. The Hall–Kier alpha value is -1.09. The molecule has 1 aromatic rings. The Morgan fingerprint density at radius 1 is 1.39 bits per heavy atom. The molecule has 1 heterocycles. The fourth-order valence-electron chi connectivity index (χ4n) is 3.00. The summed E-state index contributed by atoms with van der Waals surface area (Å²) in [5.74, 6) is -0.237. The van der Waals surface area contributed by atoms with Gasteiger partial charge in [0.1, 0.15) is 5.60 Å². The molecule has 0 bridgehead atoms. The first kappa shape index (κ1) is 12.0. The third-order valence-electron chi connectivity index (χ3n) is 3.93. The molecule has 18 heavy (non-hydrogen) atoms. The monoisotopic (exact) mass is 306 g/mol. The summed E-state index contributed by atoms with van der Waals surface area (Å²) in [6, 6.07) is 8.39. The molecule has 0 saturated carbocycles. The Bertz CT molecular complexity index is 505. The van der Waals surface area contributed by atoms with E-state index in [-0.39, 0.29) is 10.8 Å². The molecule has 0 N–H and O–H groups in total. The van der Waals surface area contributed by atoms with Crippen molar-refractivity contribution in [1.29, 1.82) is 0 Å². The summed E-state index contributed by atoms with van der Waals surface area (Å²) >= 11 is 3.76. The number of fused-ring (bicyclic) bond motifs is 1. The second-order valence-corrected chi connectivity index (χ2v) is 6.07. The van der Waals surface area contributed by atoms with Crippen LogP contribution in [-0.2, 0) is 16.0 Å². The number of aryl methyl sites for hydroxylation is 1. The number of benzene rings is 1. The van der Waals surface area contributed by atoms with Crippen LogP contribution in [0.4, 0.5) is 0 Å². The third-order valence-corrected chi connectivity index (χ3v) is 5.26. The van der Waals surface area contributed by atoms with E-state index in [0.29, 0.717) is 12.0 Å². The van der Waals surface area contributed by atoms with E-state index in [1.807, 2.05) is 6.07 Å². The summed E-state index contributed by atoms with van der Waals surface area (Å²) in [6.07, 6.45) is 3.61. The molecule has 1 saturated heterocycles. The Kier molecular flexibility index (Phi) is 2.81. The van der Waals surface area contributed by atoms with E-state index in [9.17, 15) is 4.79 Å². The van der Waals surface area contributed by atoms with Crippen molar-refractivity contribution in [3.05, 3.63) is 47.5 Å². The zero-order valence-corrected chi connectivity index (χ0v) is 11.7. The standard InChI is InChI=1S/C15H15BrO2/c1-10-9-15(18-14(10)17)8-4-6-11-5-2-3-7-12(11)13(15)16/h2-3,5,7,13H,1,4,6,8-9H2. The highest BCUT2D eigenvalue weighted by molar-refractivity contribution is 9.09. The molecule has 1 aliphatic heterocycles. The van der Waals surface area contributed by atoms with Crippen LogP contribution in [0, 0.1) is 0 Å². The third kappa shape index (κ3) is 1.72. The zero-order valence-electron chi connectivity index (χ0n) is 10.1. The van der Waals surface area contributed by atoms with Crippen LogP contribution < -0.4 is 0 Å². The number of hydrogen-bond acceptors (Lipinski definition) is 2. The molecule has 0 amide bonds. The Balaban J connectivity index is 2.04. The Labute approximate surface area is 115 Å². The van der Waals surface area contributed by atoms with E-state index in [2.05, 4.69) is 40.7 Å². The normalized spacial score (nSPS) is 31.1. The second kappa shape index (κ2) is 4.23. The van der Waals surface area contributed by atoms with Crippen LogP contribution in [0.25, 0.3) is 0 Å². The summed E-state index contributed by atoms with van der Waals surface area (Å²) in [4.78, 5) is 11.7. The topological polar surface area (TPSA) is 26.3 Å². The van der Waals surface area contributed by atoms with E-state index >= 15 is 0 Å². The van der Waals surface area contributed by atoms with Crippen molar-refractivity contribution < 1.29 is 9.53 Å². The zero-order chi connectivity index (χ0) is 12.8. The summed E-state index contributed by atoms with van der Waals surface area (Å²) in [7, 11) is 0. The smallest absolute Gasteiger partial charge is 0.334 e. The van der Waals surface area contributed by atoms with Gasteiger partial charge in [0.05, 0.1) is 4.83 Å². The van der Waals surface area contributed by atoms with Crippen LogP contribution in [0.3, 0.4) is 0 Å². The quantitative estimate of drug-likeness (QED) is 0.415. The van der Waals surface area contributed by atoms with Gasteiger partial charge in [-0.1, -0.05) is 46.8 Å². The molecule has 3 rings (SSSR count). The second-order valence-electron chi connectivity index (χ2n) is 5.15. The number of halogens is 1. The van der Waals surface area contributed by atoms with Crippen LogP contribution in [0.2, 0.25) is 0 Å². The maximum Gasteiger partial charge on any atom is 0.334 e. The lowest BCUT2D eigenvalue weighted by atomic mass is 9.88. The SMILES string of the molecule is C=C1CC2(CCCc3ccccc3C2Br)OC1=O. The van der Waals surface area contributed by atoms with Gasteiger partial charge >= 0.3 is 5.97 Å². The van der Waals surface area contributed by atoms with E-state index in [1.54, 1.807) is 0 Å². The van der Waals surface area contributed by atoms with Crippen LogP contribution in [-0.4, -0.2) is 11.6 Å². The van der Waals surface area contributed by atoms with Gasteiger partial charge < -0.3 is 4.74 Å². The molecule has 3 heteroatoms. The van der Waals surface area contributed by atoms with Gasteiger partial charge in [-0.05, 0) is 30.4 Å². The number of esters is 1. The first-order valence-corrected chi connectivity index (χ1v) is 7.17. The van der Waals surface area contributed by atoms with E-state index in [4.69, 9.17) is 4.74 Å². The molecule has 2 aliphatic rings. The minimum Gasteiger partial charge on any atom is -0.454 e. The summed E-state index contributed by atoms with van der Waals surface area (Å²) < 4.78 is 5.67. The molecule has 94 valence electrons. The van der Waals surface area contributed by atoms with Crippen LogP contribution >= 0.6 is 15.9 Å². The van der Waals surface area contributed by atoms with E-state index < -0.39 is 5.60 Å². The van der Waals surface area contributed by atoms with Crippen LogP contribution in [0.15, 0.2) is 36.4 Å². The lowest BCUT2D eigenvalue weighted by Gasteiger charge is -2.31. The average Bonchev–Trinajstić information content (AvgIpc) is 2.58. The number of rotatable bonds is 0. The highest BCUT2D eigenvalue weighted by Gasteiger charge is 2.49. The molecule has 0 aromatic heterocycles. The van der Waals surface area contributed by atoms with Crippen molar-refractivity contribution in [3.8, 4) is 0 Å². The fourth-order valence-corrected chi connectivity index (χ4v) is 3.94.